The Morgan fingerprint density at radius 2 is 2.08 bits per heavy atom. The number of amides is 1. The van der Waals surface area contributed by atoms with Crippen LogP contribution in [0, 0.1) is 5.92 Å². The molecule has 0 aliphatic carbocycles. The molecule has 0 spiro atoms. The second-order valence-electron chi connectivity index (χ2n) is 7.02. The average molecular weight is 333 g/mol. The quantitative estimate of drug-likeness (QED) is 0.815. The maximum atomic E-state index is 12.7. The summed E-state index contributed by atoms with van der Waals surface area (Å²) < 4.78 is 5.95. The van der Waals surface area contributed by atoms with E-state index in [-0.39, 0.29) is 17.9 Å². The number of anilines is 1. The molecule has 7 heteroatoms. The lowest BCUT2D eigenvalue weighted by Crippen LogP contribution is -2.43. The molecule has 0 aromatic carbocycles. The minimum absolute atomic E-state index is 0.00184. The minimum Gasteiger partial charge on any atom is -0.471 e. The molecule has 3 rings (SSSR count). The Bertz CT molecular complexity index is 580. The van der Waals surface area contributed by atoms with E-state index in [4.69, 9.17) is 4.74 Å². The molecule has 0 unspecified atom stereocenters. The Labute approximate surface area is 143 Å². The van der Waals surface area contributed by atoms with Crippen molar-refractivity contribution in [3.8, 4) is 5.88 Å². The number of aromatic nitrogens is 2. The molecular weight excluding hydrogens is 306 g/mol. The van der Waals surface area contributed by atoms with Gasteiger partial charge in [0.25, 0.3) is 0 Å². The molecule has 7 nitrogen and oxygen atoms in total. The van der Waals surface area contributed by atoms with Gasteiger partial charge in [-0.05, 0) is 26.4 Å². The molecule has 2 fully saturated rings. The average Bonchev–Trinajstić information content (AvgIpc) is 3.03. The fourth-order valence-corrected chi connectivity index (χ4v) is 3.43. The van der Waals surface area contributed by atoms with Gasteiger partial charge in [0, 0.05) is 33.6 Å². The van der Waals surface area contributed by atoms with Crippen LogP contribution in [0.5, 0.6) is 5.88 Å². The zero-order valence-corrected chi connectivity index (χ0v) is 14.8. The van der Waals surface area contributed by atoms with Crippen molar-refractivity contribution in [1.29, 1.82) is 0 Å². The minimum atomic E-state index is 0.00184. The van der Waals surface area contributed by atoms with Gasteiger partial charge in [-0.3, -0.25) is 9.78 Å². The molecule has 2 aliphatic heterocycles. The van der Waals surface area contributed by atoms with Gasteiger partial charge in [0.2, 0.25) is 11.8 Å². The predicted molar refractivity (Wildman–Crippen MR) is 92.2 cm³/mol. The summed E-state index contributed by atoms with van der Waals surface area (Å²) in [5, 5.41) is 0. The molecule has 1 amide bonds. The third-order valence-electron chi connectivity index (χ3n) is 4.78. The molecule has 2 aliphatic rings. The summed E-state index contributed by atoms with van der Waals surface area (Å²) in [7, 11) is 5.93. The van der Waals surface area contributed by atoms with E-state index >= 15 is 0 Å². The molecule has 1 aromatic rings. The van der Waals surface area contributed by atoms with Crippen molar-refractivity contribution in [3.05, 3.63) is 12.4 Å². The predicted octanol–water partition coefficient (Wildman–Crippen LogP) is 0.864. The fraction of sp³-hybridized carbons (Fsp3) is 0.706. The van der Waals surface area contributed by atoms with Crippen molar-refractivity contribution in [1.82, 2.24) is 19.8 Å². The molecule has 0 bridgehead atoms. The highest BCUT2D eigenvalue weighted by Crippen LogP contribution is 2.23. The van der Waals surface area contributed by atoms with Gasteiger partial charge in [0.1, 0.15) is 6.10 Å². The van der Waals surface area contributed by atoms with Crippen molar-refractivity contribution in [2.45, 2.75) is 25.4 Å². The first kappa shape index (κ1) is 17.0. The lowest BCUT2D eigenvalue weighted by Gasteiger charge is -2.31. The lowest BCUT2D eigenvalue weighted by atomic mass is 9.97. The van der Waals surface area contributed by atoms with E-state index in [0.717, 1.165) is 44.7 Å². The molecule has 1 aromatic heterocycles. The van der Waals surface area contributed by atoms with Crippen molar-refractivity contribution in [2.24, 2.45) is 5.92 Å². The lowest BCUT2D eigenvalue weighted by molar-refractivity contribution is -0.136. The van der Waals surface area contributed by atoms with Gasteiger partial charge in [-0.2, -0.15) is 4.98 Å². The molecule has 2 saturated heterocycles. The monoisotopic (exact) mass is 333 g/mol. The summed E-state index contributed by atoms with van der Waals surface area (Å²) in [6, 6.07) is 0. The van der Waals surface area contributed by atoms with E-state index in [1.807, 2.05) is 23.9 Å². The molecule has 0 saturated carbocycles. The Hall–Kier alpha value is -1.89. The van der Waals surface area contributed by atoms with Gasteiger partial charge in [0.15, 0.2) is 5.82 Å². The van der Waals surface area contributed by atoms with Crippen LogP contribution < -0.4 is 9.64 Å². The highest BCUT2D eigenvalue weighted by Gasteiger charge is 2.33. The van der Waals surface area contributed by atoms with Crippen LogP contribution in [0.25, 0.3) is 0 Å². The van der Waals surface area contributed by atoms with Crippen molar-refractivity contribution >= 4 is 11.7 Å². The third-order valence-corrected chi connectivity index (χ3v) is 4.78. The highest BCUT2D eigenvalue weighted by molar-refractivity contribution is 5.79. The Morgan fingerprint density at radius 1 is 1.25 bits per heavy atom. The van der Waals surface area contributed by atoms with E-state index in [1.54, 1.807) is 12.4 Å². The first-order valence-corrected chi connectivity index (χ1v) is 8.66. The number of hydrogen-bond acceptors (Lipinski definition) is 6. The second-order valence-corrected chi connectivity index (χ2v) is 7.02. The number of rotatable bonds is 4. The normalized spacial score (nSPS) is 24.9. The number of nitrogens with zero attached hydrogens (tertiary/aromatic N) is 5. The van der Waals surface area contributed by atoms with Crippen LogP contribution >= 0.6 is 0 Å². The van der Waals surface area contributed by atoms with Crippen LogP contribution in [-0.4, -0.2) is 79.1 Å². The summed E-state index contributed by atoms with van der Waals surface area (Å²) in [6.45, 7) is 3.38. The topological polar surface area (TPSA) is 61.8 Å². The standard InChI is InChI=1S/C17H27N5O2/c1-20(2)15-9-18-10-16(19-15)24-14-6-8-22(12-14)17(23)13-5-4-7-21(3)11-13/h9-10,13-14H,4-8,11-12H2,1-3H3/t13-,14+/m0/s1. The van der Waals surface area contributed by atoms with Crippen LogP contribution in [-0.2, 0) is 4.79 Å². The highest BCUT2D eigenvalue weighted by atomic mass is 16.5. The van der Waals surface area contributed by atoms with Crippen LogP contribution in [0.2, 0.25) is 0 Å². The maximum Gasteiger partial charge on any atom is 0.234 e. The van der Waals surface area contributed by atoms with Crippen molar-refractivity contribution in [3.63, 3.8) is 0 Å². The largest absolute Gasteiger partial charge is 0.471 e. The zero-order chi connectivity index (χ0) is 17.1. The Morgan fingerprint density at radius 3 is 2.83 bits per heavy atom. The zero-order valence-electron chi connectivity index (χ0n) is 14.8. The molecule has 132 valence electrons. The van der Waals surface area contributed by atoms with Gasteiger partial charge in [-0.15, -0.1) is 0 Å². The summed E-state index contributed by atoms with van der Waals surface area (Å²) in [4.78, 5) is 27.4. The van der Waals surface area contributed by atoms with E-state index in [1.165, 1.54) is 0 Å². The first-order valence-electron chi connectivity index (χ1n) is 8.66. The molecule has 0 radical (unpaired) electrons. The summed E-state index contributed by atoms with van der Waals surface area (Å²) in [6.07, 6.45) is 6.30. The molecule has 2 atom stereocenters. The molecule has 3 heterocycles. The Balaban J connectivity index is 1.55. The number of carbonyl (C=O) groups excluding carboxylic acids is 1. The van der Waals surface area contributed by atoms with Crippen molar-refractivity contribution in [2.75, 3.05) is 52.2 Å². The van der Waals surface area contributed by atoms with E-state index in [2.05, 4.69) is 21.9 Å². The number of hydrogen-bond donors (Lipinski definition) is 0. The summed E-state index contributed by atoms with van der Waals surface area (Å²) in [5.74, 6) is 1.71. The van der Waals surface area contributed by atoms with Gasteiger partial charge in [0.05, 0.1) is 24.9 Å². The number of carbonyl (C=O) groups is 1. The van der Waals surface area contributed by atoms with Crippen LogP contribution in [0.15, 0.2) is 12.4 Å². The fourth-order valence-electron chi connectivity index (χ4n) is 3.43. The second kappa shape index (κ2) is 7.34. The van der Waals surface area contributed by atoms with Crippen LogP contribution in [0.4, 0.5) is 5.82 Å². The van der Waals surface area contributed by atoms with Gasteiger partial charge >= 0.3 is 0 Å². The van der Waals surface area contributed by atoms with E-state index < -0.39 is 0 Å². The molecule has 24 heavy (non-hydrogen) atoms. The van der Waals surface area contributed by atoms with Crippen LogP contribution in [0.1, 0.15) is 19.3 Å². The van der Waals surface area contributed by atoms with Crippen molar-refractivity contribution < 1.29 is 9.53 Å². The maximum absolute atomic E-state index is 12.7. The molecular formula is C17H27N5O2. The number of ether oxygens (including phenoxy) is 1. The first-order chi connectivity index (χ1) is 11.5. The summed E-state index contributed by atoms with van der Waals surface area (Å²) >= 11 is 0. The van der Waals surface area contributed by atoms with Gasteiger partial charge < -0.3 is 19.4 Å². The van der Waals surface area contributed by atoms with Crippen LogP contribution in [0.3, 0.4) is 0 Å². The van der Waals surface area contributed by atoms with E-state index in [0.29, 0.717) is 12.4 Å². The van der Waals surface area contributed by atoms with Gasteiger partial charge in [-0.25, -0.2) is 0 Å². The van der Waals surface area contributed by atoms with Gasteiger partial charge in [-0.1, -0.05) is 0 Å². The van der Waals surface area contributed by atoms with E-state index in [9.17, 15) is 4.79 Å². The smallest absolute Gasteiger partial charge is 0.234 e. The Kier molecular flexibility index (Phi) is 5.18. The SMILES string of the molecule is CN1CCC[C@H](C(=O)N2CC[C@@H](Oc3cncc(N(C)C)n3)C2)C1. The third kappa shape index (κ3) is 3.95. The number of likely N-dealkylation sites (tertiary alicyclic amines) is 2. The molecule has 0 N–H and O–H groups in total. The summed E-state index contributed by atoms with van der Waals surface area (Å²) in [5.41, 5.74) is 0. The number of piperidine rings is 1.